The van der Waals surface area contributed by atoms with Gasteiger partial charge in [-0.1, -0.05) is 0 Å². The van der Waals surface area contributed by atoms with Crippen LogP contribution in [0.1, 0.15) is 44.9 Å². The number of hydrogen-bond acceptors (Lipinski definition) is 7. The fourth-order valence-electron chi connectivity index (χ4n) is 3.33. The SMILES string of the molecule is [B]N1CCc2cc(OC)c(OC)cc2[C@H]1C(C(=O)OC(C)C)C(=O)OC(C)C. The molecule has 1 atom stereocenters. The van der Waals surface area contributed by atoms with Crippen LogP contribution in [-0.2, 0) is 25.5 Å². The van der Waals surface area contributed by atoms with E-state index in [4.69, 9.17) is 26.9 Å². The van der Waals surface area contributed by atoms with Crippen molar-refractivity contribution in [1.82, 2.24) is 4.81 Å². The molecule has 0 aromatic heterocycles. The van der Waals surface area contributed by atoms with Gasteiger partial charge in [0, 0.05) is 6.04 Å². The number of hydrogen-bond donors (Lipinski definition) is 0. The minimum Gasteiger partial charge on any atom is -0.493 e. The van der Waals surface area contributed by atoms with Crippen LogP contribution in [0.4, 0.5) is 0 Å². The Morgan fingerprint density at radius 2 is 1.50 bits per heavy atom. The van der Waals surface area contributed by atoms with E-state index in [-0.39, 0.29) is 12.2 Å². The van der Waals surface area contributed by atoms with Crippen molar-refractivity contribution in [3.63, 3.8) is 0 Å². The molecule has 0 unspecified atom stereocenters. The van der Waals surface area contributed by atoms with Gasteiger partial charge in [-0.25, -0.2) is 0 Å². The van der Waals surface area contributed by atoms with Crippen LogP contribution in [0.25, 0.3) is 0 Å². The molecule has 1 heterocycles. The van der Waals surface area contributed by atoms with Crippen molar-refractivity contribution in [3.8, 4) is 11.5 Å². The summed E-state index contributed by atoms with van der Waals surface area (Å²) < 4.78 is 21.5. The maximum absolute atomic E-state index is 12.8. The molecule has 0 amide bonds. The fourth-order valence-corrected chi connectivity index (χ4v) is 3.33. The van der Waals surface area contributed by atoms with Crippen LogP contribution in [0.2, 0.25) is 0 Å². The van der Waals surface area contributed by atoms with Crippen molar-refractivity contribution in [2.75, 3.05) is 20.8 Å². The monoisotopic (exact) mass is 389 g/mol. The molecule has 0 fully saturated rings. The maximum atomic E-state index is 12.8. The van der Waals surface area contributed by atoms with Crippen LogP contribution in [0.3, 0.4) is 0 Å². The second-order valence-corrected chi connectivity index (χ2v) is 7.29. The quantitative estimate of drug-likeness (QED) is 0.402. The molecule has 1 aliphatic heterocycles. The summed E-state index contributed by atoms with van der Waals surface area (Å²) in [6, 6.07) is 2.88. The molecule has 7 nitrogen and oxygen atoms in total. The molecule has 1 aromatic carbocycles. The molecule has 0 N–H and O–H groups in total. The zero-order valence-corrected chi connectivity index (χ0v) is 17.4. The lowest BCUT2D eigenvalue weighted by Crippen LogP contribution is -2.45. The minimum atomic E-state index is -1.22. The Labute approximate surface area is 167 Å². The summed E-state index contributed by atoms with van der Waals surface area (Å²) in [4.78, 5) is 27.2. The Kier molecular flexibility index (Phi) is 7.35. The van der Waals surface area contributed by atoms with Gasteiger partial charge in [0.15, 0.2) is 25.4 Å². The Hall–Kier alpha value is -2.22. The first kappa shape index (κ1) is 22.1. The Balaban J connectivity index is 2.55. The van der Waals surface area contributed by atoms with Gasteiger partial charge in [0.1, 0.15) is 0 Å². The molecule has 0 saturated heterocycles. The number of methoxy groups -OCH3 is 2. The number of rotatable bonds is 7. The van der Waals surface area contributed by atoms with E-state index in [0.717, 1.165) is 11.1 Å². The lowest BCUT2D eigenvalue weighted by atomic mass is 9.82. The average molecular weight is 389 g/mol. The largest absolute Gasteiger partial charge is 0.493 e. The Bertz CT molecular complexity index is 699. The van der Waals surface area contributed by atoms with E-state index < -0.39 is 23.9 Å². The average Bonchev–Trinajstić information content (AvgIpc) is 2.61. The van der Waals surface area contributed by atoms with Gasteiger partial charge in [-0.05, 0) is 63.9 Å². The summed E-state index contributed by atoms with van der Waals surface area (Å²) in [6.45, 7) is 7.38. The molecule has 8 heteroatoms. The molecule has 0 bridgehead atoms. The first-order valence-corrected chi connectivity index (χ1v) is 9.36. The minimum absolute atomic E-state index is 0.374. The molecule has 1 aromatic rings. The number of nitrogens with zero attached hydrogens (tertiary/aromatic N) is 1. The van der Waals surface area contributed by atoms with E-state index in [9.17, 15) is 9.59 Å². The zero-order valence-electron chi connectivity index (χ0n) is 17.4. The highest BCUT2D eigenvalue weighted by atomic mass is 16.6. The van der Waals surface area contributed by atoms with Crippen LogP contribution >= 0.6 is 0 Å². The van der Waals surface area contributed by atoms with E-state index in [0.29, 0.717) is 24.5 Å². The summed E-state index contributed by atoms with van der Waals surface area (Å²) in [7, 11) is 9.33. The summed E-state index contributed by atoms with van der Waals surface area (Å²) in [5.74, 6) is -1.47. The van der Waals surface area contributed by atoms with Crippen molar-refractivity contribution in [1.29, 1.82) is 0 Å². The van der Waals surface area contributed by atoms with Gasteiger partial charge < -0.3 is 23.8 Å². The van der Waals surface area contributed by atoms with Gasteiger partial charge in [-0.2, -0.15) is 0 Å². The topological polar surface area (TPSA) is 74.3 Å². The number of benzene rings is 1. The third-order valence-electron chi connectivity index (χ3n) is 4.49. The van der Waals surface area contributed by atoms with Gasteiger partial charge in [-0.3, -0.25) is 9.59 Å². The molecule has 2 rings (SSSR count). The normalized spacial score (nSPS) is 16.8. The highest BCUT2D eigenvalue weighted by molar-refractivity contribution is 6.06. The van der Waals surface area contributed by atoms with Crippen molar-refractivity contribution in [3.05, 3.63) is 23.3 Å². The second kappa shape index (κ2) is 9.32. The third-order valence-corrected chi connectivity index (χ3v) is 4.49. The first-order valence-electron chi connectivity index (χ1n) is 9.36. The van der Waals surface area contributed by atoms with Crippen molar-refractivity contribution in [2.45, 2.75) is 52.4 Å². The summed E-state index contributed by atoms with van der Waals surface area (Å²) >= 11 is 0. The predicted molar refractivity (Wildman–Crippen MR) is 104 cm³/mol. The number of esters is 2. The van der Waals surface area contributed by atoms with Gasteiger partial charge in [0.2, 0.25) is 0 Å². The summed E-state index contributed by atoms with van der Waals surface area (Å²) in [5.41, 5.74) is 1.65. The molecular weight excluding hydrogens is 361 g/mol. The van der Waals surface area contributed by atoms with Crippen molar-refractivity contribution < 1.29 is 28.5 Å². The van der Waals surface area contributed by atoms with E-state index in [1.807, 2.05) is 6.07 Å². The van der Waals surface area contributed by atoms with Gasteiger partial charge in [-0.15, -0.1) is 0 Å². The van der Waals surface area contributed by atoms with Crippen LogP contribution in [0.15, 0.2) is 12.1 Å². The van der Waals surface area contributed by atoms with Gasteiger partial charge >= 0.3 is 11.9 Å². The highest BCUT2D eigenvalue weighted by Gasteiger charge is 2.43. The molecular formula is C20H28BNO6. The van der Waals surface area contributed by atoms with E-state index in [2.05, 4.69) is 0 Å². The number of fused-ring (bicyclic) bond motifs is 1. The molecule has 28 heavy (non-hydrogen) atoms. The molecule has 152 valence electrons. The lowest BCUT2D eigenvalue weighted by Gasteiger charge is -2.39. The first-order chi connectivity index (χ1) is 13.2. The van der Waals surface area contributed by atoms with Crippen LogP contribution in [0, 0.1) is 5.92 Å². The molecule has 0 spiro atoms. The fraction of sp³-hybridized carbons (Fsp3) is 0.600. The summed E-state index contributed by atoms with van der Waals surface area (Å²) in [5, 5.41) is 0. The van der Waals surface area contributed by atoms with E-state index >= 15 is 0 Å². The smallest absolute Gasteiger partial charge is 0.322 e. The third kappa shape index (κ3) is 4.79. The molecule has 0 saturated carbocycles. The Morgan fingerprint density at radius 1 is 1.00 bits per heavy atom. The van der Waals surface area contributed by atoms with E-state index in [1.165, 1.54) is 11.9 Å². The number of carbonyl (C=O) groups is 2. The molecule has 2 radical (unpaired) electrons. The van der Waals surface area contributed by atoms with Crippen molar-refractivity contribution >= 4 is 19.9 Å². The number of carbonyl (C=O) groups excluding carboxylic acids is 2. The predicted octanol–water partition coefficient (Wildman–Crippen LogP) is 2.21. The van der Waals surface area contributed by atoms with Crippen LogP contribution < -0.4 is 9.47 Å². The van der Waals surface area contributed by atoms with Gasteiger partial charge in [0.25, 0.3) is 0 Å². The summed E-state index contributed by atoms with van der Waals surface area (Å²) in [6.07, 6.45) is -0.100. The maximum Gasteiger partial charge on any atom is 0.322 e. The number of ether oxygens (including phenoxy) is 4. The van der Waals surface area contributed by atoms with Crippen LogP contribution in [-0.4, -0.2) is 57.7 Å². The second-order valence-electron chi connectivity index (χ2n) is 7.29. The van der Waals surface area contributed by atoms with Crippen LogP contribution in [0.5, 0.6) is 11.5 Å². The Morgan fingerprint density at radius 3 is 1.96 bits per heavy atom. The standard InChI is InChI=1S/C20H28BNO6/c1-11(2)27-19(23)17(20(24)28-12(3)4)18-14-10-16(26-6)15(25-5)9-13(14)7-8-22(18)21/h9-12,17-18H,7-8H2,1-6H3/t18-/m0/s1. The molecule has 0 aliphatic carbocycles. The van der Waals surface area contributed by atoms with Gasteiger partial charge in [0.05, 0.1) is 26.4 Å². The lowest BCUT2D eigenvalue weighted by molar-refractivity contribution is -0.169. The highest BCUT2D eigenvalue weighted by Crippen LogP contribution is 2.41. The zero-order chi connectivity index (χ0) is 21.0. The van der Waals surface area contributed by atoms with E-state index in [1.54, 1.807) is 40.9 Å². The van der Waals surface area contributed by atoms with Crippen molar-refractivity contribution in [2.24, 2.45) is 5.92 Å². The molecule has 1 aliphatic rings.